The summed E-state index contributed by atoms with van der Waals surface area (Å²) in [5, 5.41) is 0. The lowest BCUT2D eigenvalue weighted by Gasteiger charge is -2.25. The molecule has 0 aliphatic heterocycles. The zero-order chi connectivity index (χ0) is 11.3. The van der Waals surface area contributed by atoms with Gasteiger partial charge in [0.15, 0.2) is 0 Å². The molecule has 0 spiro atoms. The summed E-state index contributed by atoms with van der Waals surface area (Å²) in [6, 6.07) is -0.233. The molecule has 0 aromatic carbocycles. The predicted octanol–water partition coefficient (Wildman–Crippen LogP) is 2.90. The van der Waals surface area contributed by atoms with Crippen molar-refractivity contribution < 1.29 is 4.79 Å². The van der Waals surface area contributed by atoms with Crippen molar-refractivity contribution in [3.8, 4) is 0 Å². The Labute approximate surface area is 93.6 Å². The molecule has 2 N–H and O–H groups in total. The molecule has 88 valence electrons. The van der Waals surface area contributed by atoms with Gasteiger partial charge in [0, 0.05) is 0 Å². The average molecular weight is 211 g/mol. The number of ketones is 1. The van der Waals surface area contributed by atoms with E-state index in [9.17, 15) is 4.79 Å². The third kappa shape index (κ3) is 4.78. The van der Waals surface area contributed by atoms with E-state index in [1.165, 1.54) is 38.5 Å². The van der Waals surface area contributed by atoms with E-state index < -0.39 is 0 Å². The Balaban J connectivity index is 2.01. The fourth-order valence-corrected chi connectivity index (χ4v) is 2.25. The van der Waals surface area contributed by atoms with Crippen LogP contribution in [0.25, 0.3) is 0 Å². The molecule has 0 heterocycles. The van der Waals surface area contributed by atoms with Crippen LogP contribution in [0.1, 0.15) is 58.8 Å². The van der Waals surface area contributed by atoms with Crippen LogP contribution >= 0.6 is 0 Å². The molecule has 0 aromatic heterocycles. The van der Waals surface area contributed by atoms with Crippen LogP contribution in [-0.4, -0.2) is 11.8 Å². The van der Waals surface area contributed by atoms with Crippen molar-refractivity contribution in [3.05, 3.63) is 0 Å². The van der Waals surface area contributed by atoms with Crippen molar-refractivity contribution in [2.45, 2.75) is 64.8 Å². The van der Waals surface area contributed by atoms with Crippen LogP contribution in [0.2, 0.25) is 0 Å². The Kier molecular flexibility index (Phi) is 5.30. The minimum absolute atomic E-state index is 0.126. The minimum Gasteiger partial charge on any atom is -0.322 e. The summed E-state index contributed by atoms with van der Waals surface area (Å²) >= 11 is 0. The topological polar surface area (TPSA) is 43.1 Å². The van der Waals surface area contributed by atoms with Crippen LogP contribution in [0.5, 0.6) is 0 Å². The second-order valence-electron chi connectivity index (χ2n) is 5.29. The van der Waals surface area contributed by atoms with Crippen LogP contribution < -0.4 is 5.73 Å². The summed E-state index contributed by atoms with van der Waals surface area (Å²) < 4.78 is 0. The first-order valence-corrected chi connectivity index (χ1v) is 6.35. The van der Waals surface area contributed by atoms with Crippen molar-refractivity contribution in [2.75, 3.05) is 0 Å². The van der Waals surface area contributed by atoms with Gasteiger partial charge in [0.2, 0.25) is 0 Å². The maximum Gasteiger partial charge on any atom is 0.146 e. The molecule has 1 aliphatic rings. The number of carbonyl (C=O) groups is 1. The van der Waals surface area contributed by atoms with Gasteiger partial charge >= 0.3 is 0 Å². The van der Waals surface area contributed by atoms with E-state index in [2.05, 4.69) is 6.92 Å². The standard InChI is InChI=1S/C13H25NO/c1-10(9-13(14)11(2)15)5-3-6-12-7-4-8-12/h10,12-13H,3-9,14H2,1-2H3/t10-,13+/m1/s1. The van der Waals surface area contributed by atoms with E-state index >= 15 is 0 Å². The van der Waals surface area contributed by atoms with Crippen LogP contribution in [-0.2, 0) is 4.79 Å². The monoisotopic (exact) mass is 211 g/mol. The first kappa shape index (κ1) is 12.7. The van der Waals surface area contributed by atoms with Gasteiger partial charge in [-0.25, -0.2) is 0 Å². The SMILES string of the molecule is CC(=O)[C@@H](N)C[C@H](C)CCCC1CCC1. The van der Waals surface area contributed by atoms with Gasteiger partial charge in [-0.15, -0.1) is 0 Å². The van der Waals surface area contributed by atoms with E-state index in [4.69, 9.17) is 5.73 Å². The molecular formula is C13H25NO. The predicted molar refractivity (Wildman–Crippen MR) is 63.6 cm³/mol. The number of Topliss-reactive ketones (excluding diaryl/α,β-unsaturated/α-hetero) is 1. The lowest BCUT2D eigenvalue weighted by molar-refractivity contribution is -0.118. The van der Waals surface area contributed by atoms with Crippen molar-refractivity contribution in [2.24, 2.45) is 17.6 Å². The van der Waals surface area contributed by atoms with E-state index in [0.29, 0.717) is 5.92 Å². The summed E-state index contributed by atoms with van der Waals surface area (Å²) in [7, 11) is 0. The Hall–Kier alpha value is -0.370. The fraction of sp³-hybridized carbons (Fsp3) is 0.923. The highest BCUT2D eigenvalue weighted by Crippen LogP contribution is 2.31. The third-order valence-electron chi connectivity index (χ3n) is 3.71. The van der Waals surface area contributed by atoms with Gasteiger partial charge < -0.3 is 5.73 Å². The molecule has 0 radical (unpaired) electrons. The first-order valence-electron chi connectivity index (χ1n) is 6.35. The molecule has 0 bridgehead atoms. The number of hydrogen-bond acceptors (Lipinski definition) is 2. The molecule has 0 aromatic rings. The fourth-order valence-electron chi connectivity index (χ4n) is 2.25. The summed E-state index contributed by atoms with van der Waals surface area (Å²) in [6.07, 6.45) is 9.13. The van der Waals surface area contributed by atoms with E-state index in [0.717, 1.165) is 12.3 Å². The maximum absolute atomic E-state index is 11.0. The van der Waals surface area contributed by atoms with Gasteiger partial charge in [0.25, 0.3) is 0 Å². The normalized spacial score (nSPS) is 20.7. The molecule has 1 rings (SSSR count). The molecule has 1 fully saturated rings. The smallest absolute Gasteiger partial charge is 0.146 e. The number of carbonyl (C=O) groups excluding carboxylic acids is 1. The van der Waals surface area contributed by atoms with Gasteiger partial charge in [-0.2, -0.15) is 0 Å². The Bertz CT molecular complexity index is 199. The first-order chi connectivity index (χ1) is 7.09. The molecule has 1 aliphatic carbocycles. The van der Waals surface area contributed by atoms with Crippen molar-refractivity contribution in [1.82, 2.24) is 0 Å². The van der Waals surface area contributed by atoms with Gasteiger partial charge in [-0.1, -0.05) is 45.4 Å². The van der Waals surface area contributed by atoms with Gasteiger partial charge in [0.05, 0.1) is 6.04 Å². The maximum atomic E-state index is 11.0. The number of rotatable bonds is 7. The number of nitrogens with two attached hydrogens (primary N) is 1. The highest BCUT2D eigenvalue weighted by Gasteiger charge is 2.18. The van der Waals surface area contributed by atoms with Crippen LogP contribution in [0.3, 0.4) is 0 Å². The highest BCUT2D eigenvalue weighted by molar-refractivity contribution is 5.81. The lowest BCUT2D eigenvalue weighted by atomic mass is 9.81. The molecule has 1 saturated carbocycles. The molecule has 0 unspecified atom stereocenters. The number of hydrogen-bond donors (Lipinski definition) is 1. The second kappa shape index (κ2) is 6.26. The molecule has 2 heteroatoms. The van der Waals surface area contributed by atoms with Crippen LogP contribution in [0.15, 0.2) is 0 Å². The molecule has 2 nitrogen and oxygen atoms in total. The van der Waals surface area contributed by atoms with E-state index in [1.807, 2.05) is 0 Å². The van der Waals surface area contributed by atoms with E-state index in [-0.39, 0.29) is 11.8 Å². The third-order valence-corrected chi connectivity index (χ3v) is 3.71. The van der Waals surface area contributed by atoms with E-state index in [1.54, 1.807) is 6.92 Å². The largest absolute Gasteiger partial charge is 0.322 e. The zero-order valence-corrected chi connectivity index (χ0v) is 10.2. The Morgan fingerprint density at radius 2 is 2.13 bits per heavy atom. The van der Waals surface area contributed by atoms with Gasteiger partial charge in [-0.05, 0) is 25.2 Å². The van der Waals surface area contributed by atoms with Crippen molar-refractivity contribution >= 4 is 5.78 Å². The zero-order valence-electron chi connectivity index (χ0n) is 10.2. The van der Waals surface area contributed by atoms with Crippen molar-refractivity contribution in [1.29, 1.82) is 0 Å². The minimum atomic E-state index is -0.233. The van der Waals surface area contributed by atoms with Gasteiger partial charge in [-0.3, -0.25) is 4.79 Å². The van der Waals surface area contributed by atoms with Gasteiger partial charge in [0.1, 0.15) is 5.78 Å². The highest BCUT2D eigenvalue weighted by atomic mass is 16.1. The Morgan fingerprint density at radius 1 is 1.47 bits per heavy atom. The molecule has 0 amide bonds. The molecule has 0 saturated heterocycles. The quantitative estimate of drug-likeness (QED) is 0.703. The molecular weight excluding hydrogens is 186 g/mol. The summed E-state index contributed by atoms with van der Waals surface area (Å²) in [4.78, 5) is 11.0. The van der Waals surface area contributed by atoms with Crippen LogP contribution in [0.4, 0.5) is 0 Å². The lowest BCUT2D eigenvalue weighted by Crippen LogP contribution is -2.30. The van der Waals surface area contributed by atoms with Crippen molar-refractivity contribution in [3.63, 3.8) is 0 Å². The summed E-state index contributed by atoms with van der Waals surface area (Å²) in [5.41, 5.74) is 5.74. The second-order valence-corrected chi connectivity index (χ2v) is 5.29. The van der Waals surface area contributed by atoms with Crippen LogP contribution in [0, 0.1) is 11.8 Å². The average Bonchev–Trinajstić information content (AvgIpc) is 2.09. The molecule has 2 atom stereocenters. The Morgan fingerprint density at radius 3 is 2.60 bits per heavy atom. The molecule has 15 heavy (non-hydrogen) atoms. The summed E-state index contributed by atoms with van der Waals surface area (Å²) in [5.74, 6) is 1.74. The summed E-state index contributed by atoms with van der Waals surface area (Å²) in [6.45, 7) is 3.80.